The Hall–Kier alpha value is -0.860. The molecular weight excluding hydrogens is 142 g/mol. The fourth-order valence-electron chi connectivity index (χ4n) is 0.815. The van der Waals surface area contributed by atoms with Gasteiger partial charge in [-0.15, -0.1) is 0 Å². The molecule has 0 heterocycles. The summed E-state index contributed by atoms with van der Waals surface area (Å²) in [6.45, 7) is 3.80. The van der Waals surface area contributed by atoms with E-state index in [1.807, 2.05) is 13.8 Å². The van der Waals surface area contributed by atoms with Crippen LogP contribution in [0.3, 0.4) is 0 Å². The molecular formula is C8H15NO2. The first-order valence-electron chi connectivity index (χ1n) is 3.96. The van der Waals surface area contributed by atoms with Crippen LogP contribution in [0, 0.1) is 0 Å². The van der Waals surface area contributed by atoms with E-state index < -0.39 is 0 Å². The number of rotatable bonds is 5. The number of carbonyl (C=O) groups is 1. The highest BCUT2D eigenvalue weighted by molar-refractivity contribution is 6.01. The van der Waals surface area contributed by atoms with Gasteiger partial charge in [0.1, 0.15) is 5.78 Å². The van der Waals surface area contributed by atoms with E-state index >= 15 is 0 Å². The molecule has 1 N–H and O–H groups in total. The summed E-state index contributed by atoms with van der Waals surface area (Å²) >= 11 is 0. The number of hydrogen-bond acceptors (Lipinski definition) is 3. The van der Waals surface area contributed by atoms with Gasteiger partial charge in [0.2, 0.25) is 0 Å². The van der Waals surface area contributed by atoms with Crippen LogP contribution in [-0.4, -0.2) is 16.7 Å². The third-order valence-corrected chi connectivity index (χ3v) is 1.48. The van der Waals surface area contributed by atoms with Crippen molar-refractivity contribution in [1.29, 1.82) is 0 Å². The molecule has 0 aromatic heterocycles. The zero-order valence-electron chi connectivity index (χ0n) is 7.13. The van der Waals surface area contributed by atoms with Gasteiger partial charge in [-0.2, -0.15) is 0 Å². The van der Waals surface area contributed by atoms with E-state index in [-0.39, 0.29) is 5.78 Å². The standard InChI is InChI=1S/C8H15NO2/c1-3-5-7(9-11)6-8(10)4-2/h11H,3-6H2,1-2H3. The van der Waals surface area contributed by atoms with Crippen molar-refractivity contribution in [1.82, 2.24) is 0 Å². The normalized spacial score (nSPS) is 11.6. The van der Waals surface area contributed by atoms with Gasteiger partial charge in [0, 0.05) is 12.8 Å². The molecule has 0 aromatic carbocycles. The average Bonchev–Trinajstić information content (AvgIpc) is 2.03. The summed E-state index contributed by atoms with van der Waals surface area (Å²) in [4.78, 5) is 10.9. The summed E-state index contributed by atoms with van der Waals surface area (Å²) in [5.74, 6) is 0.131. The quantitative estimate of drug-likeness (QED) is 0.377. The minimum Gasteiger partial charge on any atom is -0.411 e. The average molecular weight is 157 g/mol. The third-order valence-electron chi connectivity index (χ3n) is 1.48. The molecule has 0 spiro atoms. The lowest BCUT2D eigenvalue weighted by Crippen LogP contribution is -2.06. The molecule has 11 heavy (non-hydrogen) atoms. The Kier molecular flexibility index (Phi) is 5.43. The molecule has 0 amide bonds. The third kappa shape index (κ3) is 4.53. The van der Waals surface area contributed by atoms with Crippen molar-refractivity contribution >= 4 is 11.5 Å². The van der Waals surface area contributed by atoms with Crippen LogP contribution in [0.2, 0.25) is 0 Å². The molecule has 0 bridgehead atoms. The van der Waals surface area contributed by atoms with Crippen LogP contribution >= 0.6 is 0 Å². The Morgan fingerprint density at radius 2 is 2.09 bits per heavy atom. The lowest BCUT2D eigenvalue weighted by molar-refractivity contribution is -0.117. The van der Waals surface area contributed by atoms with Gasteiger partial charge in [-0.05, 0) is 6.42 Å². The second kappa shape index (κ2) is 5.89. The molecule has 0 aliphatic heterocycles. The maximum absolute atomic E-state index is 10.9. The molecule has 0 atom stereocenters. The Labute approximate surface area is 67.1 Å². The molecule has 0 radical (unpaired) electrons. The Morgan fingerprint density at radius 3 is 2.45 bits per heavy atom. The van der Waals surface area contributed by atoms with Gasteiger partial charge in [-0.25, -0.2) is 0 Å². The van der Waals surface area contributed by atoms with E-state index in [2.05, 4.69) is 5.16 Å². The molecule has 3 heteroatoms. The SMILES string of the molecule is CCCC(CC(=O)CC)=NO. The Morgan fingerprint density at radius 1 is 1.45 bits per heavy atom. The molecule has 3 nitrogen and oxygen atoms in total. The summed E-state index contributed by atoms with van der Waals surface area (Å²) < 4.78 is 0. The summed E-state index contributed by atoms with van der Waals surface area (Å²) in [7, 11) is 0. The number of nitrogens with zero attached hydrogens (tertiary/aromatic N) is 1. The van der Waals surface area contributed by atoms with E-state index in [0.717, 1.165) is 6.42 Å². The van der Waals surface area contributed by atoms with Gasteiger partial charge in [-0.1, -0.05) is 25.4 Å². The van der Waals surface area contributed by atoms with Gasteiger partial charge in [0.05, 0.1) is 5.71 Å². The second-order valence-corrected chi connectivity index (χ2v) is 2.49. The monoisotopic (exact) mass is 157 g/mol. The van der Waals surface area contributed by atoms with Gasteiger partial charge in [0.15, 0.2) is 0 Å². The molecule has 0 aliphatic rings. The largest absolute Gasteiger partial charge is 0.411 e. The molecule has 0 fully saturated rings. The van der Waals surface area contributed by atoms with E-state index in [0.29, 0.717) is 25.0 Å². The number of Topliss-reactive ketones (excluding diaryl/α,β-unsaturated/α-hetero) is 1. The first-order valence-corrected chi connectivity index (χ1v) is 3.96. The van der Waals surface area contributed by atoms with Crippen molar-refractivity contribution in [3.63, 3.8) is 0 Å². The predicted octanol–water partition coefficient (Wildman–Crippen LogP) is 1.99. The van der Waals surface area contributed by atoms with E-state index in [1.54, 1.807) is 0 Å². The molecule has 0 saturated heterocycles. The van der Waals surface area contributed by atoms with Crippen LogP contribution < -0.4 is 0 Å². The van der Waals surface area contributed by atoms with Crippen LogP contribution in [0.5, 0.6) is 0 Å². The number of ketones is 1. The van der Waals surface area contributed by atoms with Gasteiger partial charge in [0.25, 0.3) is 0 Å². The number of oxime groups is 1. The van der Waals surface area contributed by atoms with Crippen molar-refractivity contribution in [2.45, 2.75) is 39.5 Å². The van der Waals surface area contributed by atoms with Crippen LogP contribution in [0.4, 0.5) is 0 Å². The molecule has 0 rings (SSSR count). The van der Waals surface area contributed by atoms with Crippen LogP contribution in [0.1, 0.15) is 39.5 Å². The zero-order chi connectivity index (χ0) is 8.69. The first-order chi connectivity index (χ1) is 5.24. The van der Waals surface area contributed by atoms with Crippen molar-refractivity contribution < 1.29 is 10.0 Å². The van der Waals surface area contributed by atoms with Crippen LogP contribution in [0.25, 0.3) is 0 Å². The first kappa shape index (κ1) is 10.1. The molecule has 64 valence electrons. The highest BCUT2D eigenvalue weighted by Crippen LogP contribution is 1.99. The lowest BCUT2D eigenvalue weighted by Gasteiger charge is -1.98. The van der Waals surface area contributed by atoms with Crippen LogP contribution in [0.15, 0.2) is 5.16 Å². The molecule has 0 saturated carbocycles. The Balaban J connectivity index is 3.79. The van der Waals surface area contributed by atoms with E-state index in [4.69, 9.17) is 5.21 Å². The summed E-state index contributed by atoms with van der Waals surface area (Å²) in [6, 6.07) is 0. The van der Waals surface area contributed by atoms with Gasteiger partial charge >= 0.3 is 0 Å². The minimum atomic E-state index is 0.131. The summed E-state index contributed by atoms with van der Waals surface area (Å²) in [6.07, 6.45) is 2.45. The van der Waals surface area contributed by atoms with Crippen LogP contribution in [-0.2, 0) is 4.79 Å². The van der Waals surface area contributed by atoms with Crippen molar-refractivity contribution in [3.8, 4) is 0 Å². The maximum Gasteiger partial charge on any atom is 0.138 e. The van der Waals surface area contributed by atoms with Crippen molar-refractivity contribution in [2.75, 3.05) is 0 Å². The fourth-order valence-corrected chi connectivity index (χ4v) is 0.815. The number of hydrogen-bond donors (Lipinski definition) is 1. The maximum atomic E-state index is 10.9. The fraction of sp³-hybridized carbons (Fsp3) is 0.750. The minimum absolute atomic E-state index is 0.131. The lowest BCUT2D eigenvalue weighted by atomic mass is 10.1. The van der Waals surface area contributed by atoms with Crippen molar-refractivity contribution in [3.05, 3.63) is 0 Å². The highest BCUT2D eigenvalue weighted by atomic mass is 16.4. The van der Waals surface area contributed by atoms with E-state index in [1.165, 1.54) is 0 Å². The summed E-state index contributed by atoms with van der Waals surface area (Å²) in [5, 5.41) is 11.5. The predicted molar refractivity (Wildman–Crippen MR) is 44.0 cm³/mol. The van der Waals surface area contributed by atoms with Crippen molar-refractivity contribution in [2.24, 2.45) is 5.16 Å². The summed E-state index contributed by atoms with van der Waals surface area (Å²) in [5.41, 5.74) is 0.597. The molecule has 0 aliphatic carbocycles. The molecule has 0 unspecified atom stereocenters. The Bertz CT molecular complexity index is 152. The smallest absolute Gasteiger partial charge is 0.138 e. The topological polar surface area (TPSA) is 49.7 Å². The second-order valence-electron chi connectivity index (χ2n) is 2.49. The van der Waals surface area contributed by atoms with Gasteiger partial charge < -0.3 is 5.21 Å². The van der Waals surface area contributed by atoms with E-state index in [9.17, 15) is 4.79 Å². The highest BCUT2D eigenvalue weighted by Gasteiger charge is 2.04. The van der Waals surface area contributed by atoms with Gasteiger partial charge in [-0.3, -0.25) is 4.79 Å². The number of carbonyl (C=O) groups excluding carboxylic acids is 1. The zero-order valence-corrected chi connectivity index (χ0v) is 7.13. The molecule has 0 aromatic rings.